The van der Waals surface area contributed by atoms with Crippen LogP contribution in [-0.2, 0) is 17.8 Å². The van der Waals surface area contributed by atoms with Crippen molar-refractivity contribution in [1.82, 2.24) is 19.7 Å². The largest absolute Gasteiger partial charge is 0.338 e. The number of hydrogen-bond donors (Lipinski definition) is 1. The monoisotopic (exact) mass is 467 g/mol. The first-order valence-electron chi connectivity index (χ1n) is 11.5. The molecule has 0 bridgehead atoms. The average Bonchev–Trinajstić information content (AvgIpc) is 3.45. The first-order valence-corrected chi connectivity index (χ1v) is 12.3. The van der Waals surface area contributed by atoms with Gasteiger partial charge in [-0.3, -0.25) is 9.59 Å². The number of aromatic nitrogens is 3. The van der Waals surface area contributed by atoms with Crippen LogP contribution in [0.3, 0.4) is 0 Å². The summed E-state index contributed by atoms with van der Waals surface area (Å²) < 4.78 is 16.7. The Kier molecular flexibility index (Phi) is 6.22. The maximum absolute atomic E-state index is 14.7. The van der Waals surface area contributed by atoms with Crippen molar-refractivity contribution in [3.8, 4) is 11.4 Å². The van der Waals surface area contributed by atoms with E-state index in [-0.39, 0.29) is 23.5 Å². The standard InChI is InChI=1S/C24H26FN5O2S/c25-19-8-7-17(15-18(19)22-28-27-21-6-2-1-3-11-30(21)22)26-23(31)16-9-12-29(13-10-16)24(32)20-5-4-14-33-20/h4-5,7-8,14-16H,1-3,6,9-13H2,(H,26,31). The molecule has 4 heterocycles. The lowest BCUT2D eigenvalue weighted by Gasteiger charge is -2.31. The van der Waals surface area contributed by atoms with Crippen LogP contribution in [0.1, 0.15) is 47.6 Å². The summed E-state index contributed by atoms with van der Waals surface area (Å²) in [6, 6.07) is 8.28. The molecule has 1 N–H and O–H groups in total. The summed E-state index contributed by atoms with van der Waals surface area (Å²) >= 11 is 1.43. The molecule has 2 aliphatic heterocycles. The quantitative estimate of drug-likeness (QED) is 0.618. The van der Waals surface area contributed by atoms with E-state index >= 15 is 0 Å². The lowest BCUT2D eigenvalue weighted by atomic mass is 9.95. The van der Waals surface area contributed by atoms with Gasteiger partial charge in [-0.15, -0.1) is 21.5 Å². The summed E-state index contributed by atoms with van der Waals surface area (Å²) in [6.07, 6.45) is 5.26. The van der Waals surface area contributed by atoms with E-state index in [4.69, 9.17) is 0 Å². The number of aryl methyl sites for hydroxylation is 1. The van der Waals surface area contributed by atoms with Crippen molar-refractivity contribution in [2.75, 3.05) is 18.4 Å². The molecule has 33 heavy (non-hydrogen) atoms. The molecular formula is C24H26FN5O2S. The van der Waals surface area contributed by atoms with Gasteiger partial charge in [-0.1, -0.05) is 12.5 Å². The Morgan fingerprint density at radius 2 is 1.91 bits per heavy atom. The molecule has 172 valence electrons. The summed E-state index contributed by atoms with van der Waals surface area (Å²) in [5, 5.41) is 13.3. The normalized spacial score (nSPS) is 16.8. The summed E-state index contributed by atoms with van der Waals surface area (Å²) in [6.45, 7) is 1.88. The molecule has 1 fully saturated rings. The molecule has 2 amide bonds. The maximum atomic E-state index is 14.7. The number of piperidine rings is 1. The molecule has 0 saturated carbocycles. The number of halogens is 1. The molecule has 2 aliphatic rings. The van der Waals surface area contributed by atoms with Crippen LogP contribution < -0.4 is 5.32 Å². The molecule has 0 spiro atoms. The minimum Gasteiger partial charge on any atom is -0.338 e. The van der Waals surface area contributed by atoms with Crippen LogP contribution in [-0.4, -0.2) is 44.6 Å². The molecule has 1 aromatic carbocycles. The van der Waals surface area contributed by atoms with E-state index in [9.17, 15) is 14.0 Å². The van der Waals surface area contributed by atoms with Gasteiger partial charge in [0.1, 0.15) is 11.6 Å². The summed E-state index contributed by atoms with van der Waals surface area (Å²) in [4.78, 5) is 27.9. The number of nitrogens with zero attached hydrogens (tertiary/aromatic N) is 4. The van der Waals surface area contributed by atoms with E-state index in [1.165, 1.54) is 17.4 Å². The molecule has 9 heteroatoms. The number of benzene rings is 1. The lowest BCUT2D eigenvalue weighted by molar-refractivity contribution is -0.121. The van der Waals surface area contributed by atoms with Gasteiger partial charge in [0.2, 0.25) is 5.91 Å². The molecule has 0 unspecified atom stereocenters. The number of carbonyl (C=O) groups excluding carboxylic acids is 2. The van der Waals surface area contributed by atoms with Gasteiger partial charge in [0, 0.05) is 37.7 Å². The molecule has 5 rings (SSSR count). The molecule has 0 atom stereocenters. The van der Waals surface area contributed by atoms with E-state index in [2.05, 4.69) is 15.5 Å². The molecule has 0 aliphatic carbocycles. The fraction of sp³-hybridized carbons (Fsp3) is 0.417. The second kappa shape index (κ2) is 9.43. The van der Waals surface area contributed by atoms with E-state index in [0.717, 1.165) is 42.9 Å². The van der Waals surface area contributed by atoms with Gasteiger partial charge in [-0.05, 0) is 55.3 Å². The number of amides is 2. The second-order valence-electron chi connectivity index (χ2n) is 8.63. The van der Waals surface area contributed by atoms with E-state index in [1.54, 1.807) is 12.1 Å². The number of fused-ring (bicyclic) bond motifs is 1. The lowest BCUT2D eigenvalue weighted by Crippen LogP contribution is -2.41. The van der Waals surface area contributed by atoms with Crippen LogP contribution >= 0.6 is 11.3 Å². The number of carbonyl (C=O) groups is 2. The van der Waals surface area contributed by atoms with Crippen molar-refractivity contribution in [2.24, 2.45) is 5.92 Å². The van der Waals surface area contributed by atoms with Gasteiger partial charge in [-0.25, -0.2) is 4.39 Å². The van der Waals surface area contributed by atoms with Crippen LogP contribution in [0, 0.1) is 11.7 Å². The molecule has 0 radical (unpaired) electrons. The molecule has 1 saturated heterocycles. The number of thiophene rings is 1. The zero-order valence-electron chi connectivity index (χ0n) is 18.3. The highest BCUT2D eigenvalue weighted by molar-refractivity contribution is 7.12. The van der Waals surface area contributed by atoms with Gasteiger partial charge >= 0.3 is 0 Å². The minimum absolute atomic E-state index is 0.0273. The van der Waals surface area contributed by atoms with Crippen molar-refractivity contribution in [3.05, 3.63) is 52.2 Å². The summed E-state index contributed by atoms with van der Waals surface area (Å²) in [5.41, 5.74) is 0.893. The zero-order chi connectivity index (χ0) is 22.8. The maximum Gasteiger partial charge on any atom is 0.263 e. The third-order valence-electron chi connectivity index (χ3n) is 6.47. The van der Waals surface area contributed by atoms with Crippen molar-refractivity contribution in [3.63, 3.8) is 0 Å². The van der Waals surface area contributed by atoms with Crippen LogP contribution in [0.5, 0.6) is 0 Å². The van der Waals surface area contributed by atoms with Gasteiger partial charge in [0.15, 0.2) is 5.82 Å². The smallest absolute Gasteiger partial charge is 0.263 e. The van der Waals surface area contributed by atoms with Crippen molar-refractivity contribution >= 4 is 28.8 Å². The Bertz CT molecular complexity index is 1150. The first-order chi connectivity index (χ1) is 16.1. The number of rotatable bonds is 4. The Labute approximate surface area is 195 Å². The van der Waals surface area contributed by atoms with Gasteiger partial charge in [-0.2, -0.15) is 0 Å². The van der Waals surface area contributed by atoms with Gasteiger partial charge < -0.3 is 14.8 Å². The highest BCUT2D eigenvalue weighted by Gasteiger charge is 2.28. The van der Waals surface area contributed by atoms with Crippen molar-refractivity contribution in [2.45, 2.75) is 45.1 Å². The summed E-state index contributed by atoms with van der Waals surface area (Å²) in [7, 11) is 0. The number of nitrogens with one attached hydrogen (secondary N) is 1. The Hall–Kier alpha value is -3.07. The Morgan fingerprint density at radius 3 is 2.70 bits per heavy atom. The van der Waals surface area contributed by atoms with E-state index < -0.39 is 0 Å². The third kappa shape index (κ3) is 4.55. The molecule has 7 nitrogen and oxygen atoms in total. The minimum atomic E-state index is -0.382. The third-order valence-corrected chi connectivity index (χ3v) is 7.33. The zero-order valence-corrected chi connectivity index (χ0v) is 19.1. The van der Waals surface area contributed by atoms with Crippen LogP contribution in [0.15, 0.2) is 35.7 Å². The van der Waals surface area contributed by atoms with Crippen LogP contribution in [0.2, 0.25) is 0 Å². The van der Waals surface area contributed by atoms with Gasteiger partial charge in [0.05, 0.1) is 10.4 Å². The average molecular weight is 468 g/mol. The Balaban J connectivity index is 1.26. The number of likely N-dealkylation sites (tertiary alicyclic amines) is 1. The second-order valence-corrected chi connectivity index (χ2v) is 9.58. The number of hydrogen-bond acceptors (Lipinski definition) is 5. The topological polar surface area (TPSA) is 80.1 Å². The fourth-order valence-electron chi connectivity index (χ4n) is 4.60. The fourth-order valence-corrected chi connectivity index (χ4v) is 5.29. The van der Waals surface area contributed by atoms with Gasteiger partial charge in [0.25, 0.3) is 5.91 Å². The molecule has 3 aromatic rings. The predicted octanol–water partition coefficient (Wildman–Crippen LogP) is 4.36. The predicted molar refractivity (Wildman–Crippen MR) is 125 cm³/mol. The Morgan fingerprint density at radius 1 is 1.06 bits per heavy atom. The summed E-state index contributed by atoms with van der Waals surface area (Å²) in [5.74, 6) is 0.763. The molecular weight excluding hydrogens is 441 g/mol. The van der Waals surface area contributed by atoms with E-state index in [1.807, 2.05) is 27.0 Å². The first kappa shape index (κ1) is 21.8. The van der Waals surface area contributed by atoms with Crippen LogP contribution in [0.25, 0.3) is 11.4 Å². The molecule has 2 aromatic heterocycles. The highest BCUT2D eigenvalue weighted by Crippen LogP contribution is 2.28. The number of anilines is 1. The van der Waals surface area contributed by atoms with E-state index in [0.29, 0.717) is 43.0 Å². The van der Waals surface area contributed by atoms with Crippen LogP contribution in [0.4, 0.5) is 10.1 Å². The SMILES string of the molecule is O=C(Nc1ccc(F)c(-c2nnc3n2CCCCC3)c1)C1CCN(C(=O)c2cccs2)CC1. The van der Waals surface area contributed by atoms with Crippen molar-refractivity contribution < 1.29 is 14.0 Å². The van der Waals surface area contributed by atoms with Crippen molar-refractivity contribution in [1.29, 1.82) is 0 Å². The highest BCUT2D eigenvalue weighted by atomic mass is 32.1.